The second-order valence-corrected chi connectivity index (χ2v) is 9.77. The van der Waals surface area contributed by atoms with Crippen LogP contribution in [0.25, 0.3) is 33.6 Å². The molecule has 2 aliphatic rings. The molecule has 2 aromatic heterocycles. The number of benzene rings is 2. The van der Waals surface area contributed by atoms with Crippen molar-refractivity contribution in [2.75, 3.05) is 18.0 Å². The first-order chi connectivity index (χ1) is 17.5. The lowest BCUT2D eigenvalue weighted by atomic mass is 9.72. The van der Waals surface area contributed by atoms with Crippen molar-refractivity contribution in [2.45, 2.75) is 37.6 Å². The Morgan fingerprint density at radius 3 is 2.31 bits per heavy atom. The van der Waals surface area contributed by atoms with Crippen molar-refractivity contribution in [1.29, 1.82) is 0 Å². The fourth-order valence-corrected chi connectivity index (χ4v) is 5.57. The highest BCUT2D eigenvalue weighted by atomic mass is 16.4. The minimum atomic E-state index is -1.02. The van der Waals surface area contributed by atoms with Crippen molar-refractivity contribution in [3.05, 3.63) is 70.5 Å². The monoisotopic (exact) mass is 484 g/mol. The maximum absolute atomic E-state index is 13.7. The molecular weight excluding hydrogens is 456 g/mol. The molecule has 3 heterocycles. The van der Waals surface area contributed by atoms with Crippen LogP contribution >= 0.6 is 0 Å². The molecule has 0 atom stereocenters. The summed E-state index contributed by atoms with van der Waals surface area (Å²) in [5.74, 6) is 1.21. The van der Waals surface area contributed by atoms with Crippen LogP contribution in [0.5, 0.6) is 0 Å². The maximum Gasteiger partial charge on any atom is 0.405 e. The number of hydrogen-bond acceptors (Lipinski definition) is 5. The number of furan rings is 1. The van der Waals surface area contributed by atoms with Crippen molar-refractivity contribution in [2.24, 2.45) is 7.05 Å². The topological polar surface area (TPSA) is 101 Å². The Bertz CT molecular complexity index is 1490. The maximum atomic E-state index is 13.7. The summed E-state index contributed by atoms with van der Waals surface area (Å²) in [5.41, 5.74) is 3.01. The van der Waals surface area contributed by atoms with Crippen molar-refractivity contribution < 1.29 is 14.3 Å². The van der Waals surface area contributed by atoms with E-state index in [1.807, 2.05) is 54.6 Å². The zero-order chi connectivity index (χ0) is 24.9. The van der Waals surface area contributed by atoms with Gasteiger partial charge in [0, 0.05) is 31.3 Å². The molecule has 6 rings (SSSR count). The third kappa shape index (κ3) is 3.56. The number of nitrogens with one attached hydrogen (secondary N) is 1. The SMILES string of the molecule is Cn1c(N2CCCC2)nc2oc(-c3ccc(C4(NC(=O)O)CCC4)cc3)c(-c3ccccc3)c2c1=O. The van der Waals surface area contributed by atoms with Crippen LogP contribution in [0.15, 0.2) is 63.8 Å². The number of amides is 1. The Balaban J connectivity index is 1.51. The fraction of sp³-hybridized carbons (Fsp3) is 0.321. The van der Waals surface area contributed by atoms with Gasteiger partial charge in [0.15, 0.2) is 0 Å². The van der Waals surface area contributed by atoms with Gasteiger partial charge in [-0.2, -0.15) is 4.98 Å². The van der Waals surface area contributed by atoms with Gasteiger partial charge in [0.1, 0.15) is 11.1 Å². The summed E-state index contributed by atoms with van der Waals surface area (Å²) in [5, 5.41) is 12.5. The van der Waals surface area contributed by atoms with Crippen LogP contribution < -0.4 is 15.8 Å². The molecule has 1 saturated carbocycles. The molecule has 4 aromatic rings. The molecule has 1 aliphatic heterocycles. The minimum Gasteiger partial charge on any atom is -0.465 e. The summed E-state index contributed by atoms with van der Waals surface area (Å²) in [6, 6.07) is 17.5. The number of hydrogen-bond donors (Lipinski definition) is 2. The molecule has 0 spiro atoms. The van der Waals surface area contributed by atoms with Crippen molar-refractivity contribution in [3.63, 3.8) is 0 Å². The molecule has 8 heteroatoms. The first kappa shape index (κ1) is 22.4. The van der Waals surface area contributed by atoms with Crippen LogP contribution in [-0.2, 0) is 12.6 Å². The fourth-order valence-electron chi connectivity index (χ4n) is 5.57. The van der Waals surface area contributed by atoms with E-state index in [-0.39, 0.29) is 5.56 Å². The van der Waals surface area contributed by atoms with E-state index < -0.39 is 11.6 Å². The number of nitrogens with zero attached hydrogens (tertiary/aromatic N) is 3. The van der Waals surface area contributed by atoms with Gasteiger partial charge in [-0.25, -0.2) is 4.79 Å². The van der Waals surface area contributed by atoms with Crippen molar-refractivity contribution >= 4 is 23.1 Å². The molecule has 184 valence electrons. The summed E-state index contributed by atoms with van der Waals surface area (Å²) >= 11 is 0. The summed E-state index contributed by atoms with van der Waals surface area (Å²) in [6.07, 6.45) is 3.68. The molecule has 2 fully saturated rings. The molecule has 0 bridgehead atoms. The molecule has 8 nitrogen and oxygen atoms in total. The molecule has 2 aromatic carbocycles. The third-order valence-electron chi connectivity index (χ3n) is 7.61. The van der Waals surface area contributed by atoms with Gasteiger partial charge >= 0.3 is 6.09 Å². The van der Waals surface area contributed by atoms with Gasteiger partial charge in [-0.3, -0.25) is 9.36 Å². The van der Waals surface area contributed by atoms with Crippen molar-refractivity contribution in [1.82, 2.24) is 14.9 Å². The molecular formula is C28H28N4O4. The Labute approximate surface area is 208 Å². The standard InChI is InChI=1S/C28H28N4O4/c1-31-25(33)22-21(18-8-3-2-4-9-18)23(36-24(22)29-26(31)32-16-5-6-17-32)19-10-12-20(13-11-19)28(14-7-15-28)30-27(34)35/h2-4,8-13,30H,5-7,14-17H2,1H3,(H,34,35). The second kappa shape index (κ2) is 8.55. The normalized spacial score (nSPS) is 16.8. The smallest absolute Gasteiger partial charge is 0.405 e. The number of fused-ring (bicyclic) bond motifs is 1. The predicted molar refractivity (Wildman–Crippen MR) is 138 cm³/mol. The highest BCUT2D eigenvalue weighted by Gasteiger charge is 2.40. The van der Waals surface area contributed by atoms with Crippen LogP contribution in [0.3, 0.4) is 0 Å². The quantitative estimate of drug-likeness (QED) is 0.408. The lowest BCUT2D eigenvalue weighted by Gasteiger charge is -2.42. The van der Waals surface area contributed by atoms with Gasteiger partial charge in [0.05, 0.1) is 5.54 Å². The second-order valence-electron chi connectivity index (χ2n) is 9.77. The number of carboxylic acid groups (broad SMARTS) is 1. The van der Waals surface area contributed by atoms with Gasteiger partial charge < -0.3 is 19.7 Å². The Hall–Kier alpha value is -4.07. The van der Waals surface area contributed by atoms with E-state index in [9.17, 15) is 14.7 Å². The van der Waals surface area contributed by atoms with E-state index in [1.165, 1.54) is 0 Å². The van der Waals surface area contributed by atoms with E-state index >= 15 is 0 Å². The first-order valence-corrected chi connectivity index (χ1v) is 12.4. The van der Waals surface area contributed by atoms with E-state index in [0.29, 0.717) is 22.8 Å². The van der Waals surface area contributed by atoms with E-state index in [1.54, 1.807) is 11.6 Å². The number of aromatic nitrogens is 2. The third-order valence-corrected chi connectivity index (χ3v) is 7.61. The lowest BCUT2D eigenvalue weighted by Crippen LogP contribution is -2.50. The van der Waals surface area contributed by atoms with Gasteiger partial charge in [-0.05, 0) is 43.2 Å². The highest BCUT2D eigenvalue weighted by Crippen LogP contribution is 2.43. The van der Waals surface area contributed by atoms with Crippen LogP contribution in [0.4, 0.5) is 10.7 Å². The average molecular weight is 485 g/mol. The van der Waals surface area contributed by atoms with E-state index in [4.69, 9.17) is 9.40 Å². The van der Waals surface area contributed by atoms with E-state index in [2.05, 4.69) is 10.2 Å². The summed E-state index contributed by atoms with van der Waals surface area (Å²) in [7, 11) is 1.77. The minimum absolute atomic E-state index is 0.133. The van der Waals surface area contributed by atoms with Crippen LogP contribution in [0.2, 0.25) is 0 Å². The Morgan fingerprint density at radius 1 is 1.00 bits per heavy atom. The summed E-state index contributed by atoms with van der Waals surface area (Å²) < 4.78 is 7.97. The molecule has 2 N–H and O–H groups in total. The summed E-state index contributed by atoms with van der Waals surface area (Å²) in [4.78, 5) is 32.0. The van der Waals surface area contributed by atoms with E-state index in [0.717, 1.165) is 67.4 Å². The zero-order valence-corrected chi connectivity index (χ0v) is 20.2. The number of carbonyl (C=O) groups is 1. The number of anilines is 1. The van der Waals surface area contributed by atoms with Crippen LogP contribution in [0.1, 0.15) is 37.7 Å². The molecule has 1 aliphatic carbocycles. The molecule has 0 unspecified atom stereocenters. The molecule has 1 amide bonds. The van der Waals surface area contributed by atoms with Gasteiger partial charge in [0.2, 0.25) is 11.7 Å². The van der Waals surface area contributed by atoms with Crippen LogP contribution in [-0.4, -0.2) is 33.8 Å². The molecule has 36 heavy (non-hydrogen) atoms. The van der Waals surface area contributed by atoms with Gasteiger partial charge in [-0.1, -0.05) is 54.6 Å². The Morgan fingerprint density at radius 2 is 1.69 bits per heavy atom. The highest BCUT2D eigenvalue weighted by molar-refractivity contribution is 6.00. The Kier molecular flexibility index (Phi) is 5.32. The predicted octanol–water partition coefficient (Wildman–Crippen LogP) is 5.11. The zero-order valence-electron chi connectivity index (χ0n) is 20.2. The average Bonchev–Trinajstić information content (AvgIpc) is 3.53. The van der Waals surface area contributed by atoms with Crippen LogP contribution in [0, 0.1) is 0 Å². The number of rotatable bonds is 5. The van der Waals surface area contributed by atoms with Crippen molar-refractivity contribution in [3.8, 4) is 22.5 Å². The largest absolute Gasteiger partial charge is 0.465 e. The van der Waals surface area contributed by atoms with Gasteiger partial charge in [0.25, 0.3) is 5.56 Å². The first-order valence-electron chi connectivity index (χ1n) is 12.4. The van der Waals surface area contributed by atoms with Gasteiger partial charge in [-0.15, -0.1) is 0 Å². The molecule has 1 saturated heterocycles. The molecule has 0 radical (unpaired) electrons. The lowest BCUT2D eigenvalue weighted by molar-refractivity contribution is 0.144. The summed E-state index contributed by atoms with van der Waals surface area (Å²) in [6.45, 7) is 1.75.